The van der Waals surface area contributed by atoms with E-state index in [9.17, 15) is 48.3 Å². The molecule has 4 unspecified atom stereocenters. The van der Waals surface area contributed by atoms with Crippen LogP contribution in [0.1, 0.15) is 123 Å². The molecule has 1 aromatic carbocycles. The van der Waals surface area contributed by atoms with Crippen LogP contribution in [0.3, 0.4) is 0 Å². The average molecular weight is 1360 g/mol. The molecule has 7 aliphatic rings. The number of carbonyl (C=O) groups is 9. The largest absolute Gasteiger partial charge is 0.449 e. The first-order chi connectivity index (χ1) is 46.6. The summed E-state index contributed by atoms with van der Waals surface area (Å²) < 4.78 is 51.8. The van der Waals surface area contributed by atoms with E-state index in [4.69, 9.17) is 48.4 Å². The van der Waals surface area contributed by atoms with Gasteiger partial charge in [0.25, 0.3) is 0 Å². The van der Waals surface area contributed by atoms with Crippen molar-refractivity contribution in [2.45, 2.75) is 155 Å². The zero-order chi connectivity index (χ0) is 69.7. The number of nitrogens with two attached hydrogens (primary N) is 1. The van der Waals surface area contributed by atoms with Gasteiger partial charge in [-0.05, 0) is 123 Å². The first kappa shape index (κ1) is 75.8. The normalized spacial score (nSPS) is 27.0. The minimum absolute atomic E-state index is 0.0140. The molecule has 1 heterocycles. The second kappa shape index (κ2) is 36.7. The van der Waals surface area contributed by atoms with Crippen molar-refractivity contribution in [3.05, 3.63) is 53.6 Å². The van der Waals surface area contributed by atoms with E-state index in [1.165, 1.54) is 23.9 Å². The smallest absolute Gasteiger partial charge is 0.409 e. The third kappa shape index (κ3) is 20.8. The monoisotopic (exact) mass is 1360 g/mol. The molecule has 7 amide bonds. The molecule has 97 heavy (non-hydrogen) atoms. The highest BCUT2D eigenvalue weighted by Gasteiger charge is 2.71. The van der Waals surface area contributed by atoms with Gasteiger partial charge >= 0.3 is 24.3 Å². The van der Waals surface area contributed by atoms with E-state index in [0.29, 0.717) is 107 Å². The molecule has 26 heteroatoms. The fourth-order valence-electron chi connectivity index (χ4n) is 15.3. The minimum Gasteiger partial charge on any atom is -0.449 e. The van der Waals surface area contributed by atoms with Crippen molar-refractivity contribution < 1.29 is 90.9 Å². The lowest BCUT2D eigenvalue weighted by molar-refractivity contribution is -0.180. The van der Waals surface area contributed by atoms with Crippen molar-refractivity contribution in [1.29, 1.82) is 0 Å². The topological polar surface area (TPSA) is 338 Å². The minimum atomic E-state index is -1.16. The third-order valence-electron chi connectivity index (χ3n) is 20.5. The van der Waals surface area contributed by atoms with E-state index in [1.807, 2.05) is 13.0 Å². The third-order valence-corrected chi connectivity index (χ3v) is 20.5. The van der Waals surface area contributed by atoms with E-state index in [2.05, 4.69) is 40.0 Å². The number of amides is 7. The van der Waals surface area contributed by atoms with Gasteiger partial charge in [0.05, 0.1) is 89.2 Å². The molecule has 6 aliphatic carbocycles. The number of ether oxygens (including phenoxy) is 9. The average Bonchev–Trinajstić information content (AvgIpc) is 1.60. The van der Waals surface area contributed by atoms with Gasteiger partial charge in [0.1, 0.15) is 6.61 Å². The maximum Gasteiger partial charge on any atom is 0.409 e. The standard InChI is InChI=1S/C71H103N7O19/c1-7-13-61-96-58-40-55-53-22-19-48-39-50(79)23-25-70(48,4)62(53)57(81)41-71(55,64(58)97-61)59(82)44-95-69(88)78(6)29-28-77(5)68(87)94-42-46-17-20-49(21-18-46)75-65(84)47(14-12-26-73-66(72)85)38-56(80)63(45(2)3)76-60(83)24-30-89-32-34-91-36-37-92-35-33-90-31-27-74-67(86)93-43-54-51-15-10-8-9-11-16-52(51)54/h17-18,20-21,23,25,39,45,47,51-55,57-58,61-64,81H,7,10-16,19,22,24,26-38,40-44H2,1-6H3,(H,74,86)(H,75,84)(H,76,83)(H3,72,73,85)/t47-,51?,52?,53+,54?,55+,57+,58-,61?,62-,63+,64?,70+,71+/m1/s1. The van der Waals surface area contributed by atoms with Crippen LogP contribution in [0.25, 0.3) is 0 Å². The number of fused-ring (bicyclic) bond motifs is 8. The second-order valence-electron chi connectivity index (χ2n) is 27.3. The first-order valence-electron chi connectivity index (χ1n) is 34.8. The number of carbonyl (C=O) groups excluding carboxylic acids is 9. The van der Waals surface area contributed by atoms with Crippen LogP contribution < -0.4 is 27.0 Å². The van der Waals surface area contributed by atoms with Gasteiger partial charge in [-0.25, -0.2) is 19.2 Å². The highest BCUT2D eigenvalue weighted by molar-refractivity contribution is 6.01. The number of nitrogens with one attached hydrogen (secondary N) is 4. The molecule has 5 fully saturated rings. The summed E-state index contributed by atoms with van der Waals surface area (Å²) in [4.78, 5) is 121. The van der Waals surface area contributed by atoms with Crippen LogP contribution in [0, 0.1) is 70.0 Å². The number of urea groups is 1. The number of rotatable bonds is 38. The molecular weight excluding hydrogens is 1250 g/mol. The van der Waals surface area contributed by atoms with Gasteiger partial charge in [0, 0.05) is 88.9 Å². The van der Waals surface area contributed by atoms with Crippen molar-refractivity contribution in [2.75, 3.05) is 112 Å². The number of alkyl carbamates (subject to hydrolysis) is 1. The van der Waals surface area contributed by atoms with Crippen molar-refractivity contribution in [3.63, 3.8) is 0 Å². The van der Waals surface area contributed by atoms with Crippen LogP contribution >= 0.6 is 0 Å². The summed E-state index contributed by atoms with van der Waals surface area (Å²) in [7, 11) is 3.02. The number of anilines is 1. The molecule has 4 saturated carbocycles. The molecule has 7 N–H and O–H groups in total. The number of aliphatic hydroxyl groups excluding tert-OH is 1. The molecular formula is C71H103N7O19. The Balaban J connectivity index is 0.694. The number of allylic oxidation sites excluding steroid dienone is 4. The number of nitrogens with zero attached hydrogens (tertiary/aromatic N) is 2. The fraction of sp³-hybridized carbons (Fsp3) is 0.704. The first-order valence-corrected chi connectivity index (χ1v) is 34.8. The Bertz CT molecular complexity index is 2990. The number of hydrogen-bond donors (Lipinski definition) is 6. The van der Waals surface area contributed by atoms with Crippen molar-refractivity contribution in [3.8, 4) is 11.8 Å². The Morgan fingerprint density at radius 3 is 2.10 bits per heavy atom. The maximum absolute atomic E-state index is 14.7. The Morgan fingerprint density at radius 1 is 0.804 bits per heavy atom. The summed E-state index contributed by atoms with van der Waals surface area (Å²) in [6.07, 6.45) is 8.78. The molecule has 13 atom stereocenters. The molecule has 26 nitrogen and oxygen atoms in total. The van der Waals surface area contributed by atoms with Crippen molar-refractivity contribution in [1.82, 2.24) is 25.8 Å². The van der Waals surface area contributed by atoms with Gasteiger partial charge < -0.3 is 84.5 Å². The Kier molecular flexibility index (Phi) is 28.7. The van der Waals surface area contributed by atoms with E-state index >= 15 is 0 Å². The summed E-state index contributed by atoms with van der Waals surface area (Å²) >= 11 is 0. The van der Waals surface area contributed by atoms with Gasteiger partial charge in [0.2, 0.25) is 11.8 Å². The van der Waals surface area contributed by atoms with Crippen LogP contribution in [0.4, 0.5) is 24.9 Å². The second-order valence-corrected chi connectivity index (χ2v) is 27.3. The molecule has 1 aromatic rings. The van der Waals surface area contributed by atoms with Gasteiger partial charge in [0.15, 0.2) is 30.2 Å². The van der Waals surface area contributed by atoms with Gasteiger partial charge in [-0.2, -0.15) is 0 Å². The summed E-state index contributed by atoms with van der Waals surface area (Å²) in [6, 6.07) is 4.97. The number of aliphatic hydroxyl groups is 1. The Morgan fingerprint density at radius 2 is 1.45 bits per heavy atom. The van der Waals surface area contributed by atoms with E-state index < -0.39 is 84.0 Å². The SMILES string of the molecule is CCCC1OC2[C@@H](C[C@H]3[C@@H]4CCC5=CC(=O)C=C[C@]5(C)[C@H]4[C@@H](O)C[C@]23C(=O)COC(=O)N(C)CCN(C)C(=O)OCc2ccc(NC(=O)[C@H](CCCNC(N)=O)CC(=O)[C@@H](NC(=O)CCOCCOCCOCCOCCNC(=O)OCC3C4CCC#CCCC43)C(C)C)cc2)O1. The van der Waals surface area contributed by atoms with Crippen LogP contribution in [-0.4, -0.2) is 205 Å². The predicted octanol–water partition coefficient (Wildman–Crippen LogP) is 6.40. The maximum atomic E-state index is 14.7. The van der Waals surface area contributed by atoms with Gasteiger partial charge in [-0.3, -0.25) is 24.0 Å². The van der Waals surface area contributed by atoms with Crippen molar-refractivity contribution in [2.24, 2.45) is 63.9 Å². The lowest BCUT2D eigenvalue weighted by atomic mass is 9.46. The lowest BCUT2D eigenvalue weighted by Crippen LogP contribution is -2.61. The summed E-state index contributed by atoms with van der Waals surface area (Å²) in [5.74, 6) is 4.82. The molecule has 0 bridgehead atoms. The van der Waals surface area contributed by atoms with E-state index in [1.54, 1.807) is 50.3 Å². The number of benzene rings is 1. The van der Waals surface area contributed by atoms with Crippen LogP contribution in [0.15, 0.2) is 48.1 Å². The van der Waals surface area contributed by atoms with Crippen LogP contribution in [0.5, 0.6) is 0 Å². The van der Waals surface area contributed by atoms with E-state index in [-0.39, 0.29) is 119 Å². The molecule has 1 aliphatic heterocycles. The number of primary amides is 1. The number of hydrogen-bond acceptors (Lipinski definition) is 19. The molecule has 8 rings (SSSR count). The van der Waals surface area contributed by atoms with Crippen LogP contribution in [0.2, 0.25) is 0 Å². The number of likely N-dealkylation sites (N-methyl/N-ethyl adjacent to an activating group) is 2. The molecule has 0 radical (unpaired) electrons. The van der Waals surface area contributed by atoms with Gasteiger partial charge in [-0.1, -0.05) is 57.9 Å². The zero-order valence-corrected chi connectivity index (χ0v) is 57.3. The predicted molar refractivity (Wildman–Crippen MR) is 354 cm³/mol. The fourth-order valence-corrected chi connectivity index (χ4v) is 15.3. The highest BCUT2D eigenvalue weighted by Crippen LogP contribution is 2.67. The molecule has 0 spiro atoms. The summed E-state index contributed by atoms with van der Waals surface area (Å²) in [6.45, 7) is 10.4. The quantitative estimate of drug-likeness (QED) is 0.0237. The number of ketones is 3. The van der Waals surface area contributed by atoms with Crippen LogP contribution in [-0.2, 0) is 73.2 Å². The molecule has 0 aromatic heterocycles. The Labute approximate surface area is 569 Å². The van der Waals surface area contributed by atoms with Gasteiger partial charge in [-0.15, -0.1) is 11.8 Å². The van der Waals surface area contributed by atoms with E-state index in [0.717, 1.165) is 37.7 Å². The lowest BCUT2D eigenvalue weighted by Gasteiger charge is -2.58. The van der Waals surface area contributed by atoms with Crippen molar-refractivity contribution >= 4 is 59.2 Å². The highest BCUT2D eigenvalue weighted by atomic mass is 16.7. The zero-order valence-electron chi connectivity index (χ0n) is 57.3. The summed E-state index contributed by atoms with van der Waals surface area (Å²) in [5.41, 5.74) is 5.57. The summed E-state index contributed by atoms with van der Waals surface area (Å²) in [5, 5.41) is 23.0. The molecule has 536 valence electrons. The molecule has 1 saturated heterocycles. The Hall–Kier alpha value is -6.99. The number of Topliss-reactive ketones (excluding diaryl/α,β-unsaturated/α-hetero) is 2.